The van der Waals surface area contributed by atoms with Crippen molar-refractivity contribution in [3.8, 4) is 0 Å². The van der Waals surface area contributed by atoms with Gasteiger partial charge in [-0.25, -0.2) is 13.4 Å². The molecule has 0 aliphatic heterocycles. The number of nitrogens with one attached hydrogen (secondary N) is 1. The standard InChI is InChI=1S/C16H20N2O2S/c1-11(2)14-6-5-13(4)15(10-14)21(19,20)18-16-9-12(3)7-8-17-16/h5-11H,1-4H3,(H,17,18). The lowest BCUT2D eigenvalue weighted by atomic mass is 10.0. The molecule has 0 unspecified atom stereocenters. The predicted molar refractivity (Wildman–Crippen MR) is 85.1 cm³/mol. The van der Waals surface area contributed by atoms with Gasteiger partial charge in [0.05, 0.1) is 4.90 Å². The number of hydrogen-bond acceptors (Lipinski definition) is 3. The summed E-state index contributed by atoms with van der Waals surface area (Å²) in [6, 6.07) is 9.07. The Bertz CT molecular complexity index is 753. The molecule has 0 amide bonds. The third kappa shape index (κ3) is 3.61. The van der Waals surface area contributed by atoms with E-state index in [0.29, 0.717) is 10.7 Å². The molecule has 0 radical (unpaired) electrons. The number of hydrogen-bond donors (Lipinski definition) is 1. The number of benzene rings is 1. The molecule has 1 heterocycles. The van der Waals surface area contributed by atoms with Crippen LogP contribution in [0.3, 0.4) is 0 Å². The fourth-order valence-electron chi connectivity index (χ4n) is 2.05. The molecule has 4 nitrogen and oxygen atoms in total. The molecule has 0 atom stereocenters. The SMILES string of the molecule is Cc1ccnc(NS(=O)(=O)c2cc(C(C)C)ccc2C)c1. The summed E-state index contributed by atoms with van der Waals surface area (Å²) in [5.41, 5.74) is 2.67. The second-order valence-corrected chi connectivity index (χ2v) is 7.15. The molecule has 112 valence electrons. The summed E-state index contributed by atoms with van der Waals surface area (Å²) in [4.78, 5) is 4.35. The summed E-state index contributed by atoms with van der Waals surface area (Å²) < 4.78 is 27.7. The van der Waals surface area contributed by atoms with Crippen molar-refractivity contribution < 1.29 is 8.42 Å². The van der Waals surface area contributed by atoms with E-state index in [1.54, 1.807) is 25.3 Å². The highest BCUT2D eigenvalue weighted by molar-refractivity contribution is 7.92. The van der Waals surface area contributed by atoms with Crippen LogP contribution >= 0.6 is 0 Å². The van der Waals surface area contributed by atoms with Gasteiger partial charge in [-0.2, -0.15) is 0 Å². The average molecular weight is 304 g/mol. The summed E-state index contributed by atoms with van der Waals surface area (Å²) in [7, 11) is -3.63. The lowest BCUT2D eigenvalue weighted by Gasteiger charge is -2.13. The van der Waals surface area contributed by atoms with Gasteiger partial charge in [-0.15, -0.1) is 0 Å². The normalized spacial score (nSPS) is 11.7. The van der Waals surface area contributed by atoms with Crippen molar-refractivity contribution >= 4 is 15.8 Å². The minimum Gasteiger partial charge on any atom is -0.263 e. The Morgan fingerprint density at radius 2 is 1.81 bits per heavy atom. The second-order valence-electron chi connectivity index (χ2n) is 5.50. The van der Waals surface area contributed by atoms with E-state index < -0.39 is 10.0 Å². The molecule has 0 aliphatic carbocycles. The smallest absolute Gasteiger partial charge is 0.263 e. The number of aromatic nitrogens is 1. The molecular formula is C16H20N2O2S. The third-order valence-corrected chi connectivity index (χ3v) is 4.82. The number of pyridine rings is 1. The van der Waals surface area contributed by atoms with Crippen molar-refractivity contribution in [2.75, 3.05) is 4.72 Å². The predicted octanol–water partition coefficient (Wildman–Crippen LogP) is 3.62. The maximum absolute atomic E-state index is 12.6. The van der Waals surface area contributed by atoms with Gasteiger partial charge >= 0.3 is 0 Å². The fourth-order valence-corrected chi connectivity index (χ4v) is 3.33. The van der Waals surface area contributed by atoms with E-state index in [-0.39, 0.29) is 5.92 Å². The van der Waals surface area contributed by atoms with Gasteiger partial charge in [0.15, 0.2) is 0 Å². The van der Waals surface area contributed by atoms with Crippen molar-refractivity contribution in [2.24, 2.45) is 0 Å². The fraction of sp³-hybridized carbons (Fsp3) is 0.312. The zero-order valence-electron chi connectivity index (χ0n) is 12.7. The van der Waals surface area contributed by atoms with Gasteiger partial charge in [-0.1, -0.05) is 26.0 Å². The van der Waals surface area contributed by atoms with Crippen LogP contribution in [0.4, 0.5) is 5.82 Å². The summed E-state index contributed by atoms with van der Waals surface area (Å²) in [5.74, 6) is 0.612. The van der Waals surface area contributed by atoms with E-state index >= 15 is 0 Å². The van der Waals surface area contributed by atoms with E-state index in [4.69, 9.17) is 0 Å². The summed E-state index contributed by atoms with van der Waals surface area (Å²) in [5, 5.41) is 0. The summed E-state index contributed by atoms with van der Waals surface area (Å²) in [6.07, 6.45) is 1.59. The highest BCUT2D eigenvalue weighted by Crippen LogP contribution is 2.23. The molecule has 5 heteroatoms. The molecule has 2 aromatic rings. The van der Waals surface area contributed by atoms with Gasteiger partial charge in [0.1, 0.15) is 5.82 Å². The number of anilines is 1. The van der Waals surface area contributed by atoms with Gasteiger partial charge in [0.2, 0.25) is 0 Å². The minimum atomic E-state index is -3.63. The third-order valence-electron chi connectivity index (χ3n) is 3.32. The lowest BCUT2D eigenvalue weighted by Crippen LogP contribution is -2.15. The Labute approximate surface area is 126 Å². The molecule has 0 aliphatic rings. The monoisotopic (exact) mass is 304 g/mol. The van der Waals surface area contributed by atoms with Crippen molar-refractivity contribution in [2.45, 2.75) is 38.5 Å². The minimum absolute atomic E-state index is 0.275. The highest BCUT2D eigenvalue weighted by Gasteiger charge is 2.18. The highest BCUT2D eigenvalue weighted by atomic mass is 32.2. The Balaban J connectivity index is 2.42. The second kappa shape index (κ2) is 5.85. The van der Waals surface area contributed by atoms with E-state index in [2.05, 4.69) is 9.71 Å². The van der Waals surface area contributed by atoms with Crippen LogP contribution in [-0.2, 0) is 10.0 Å². The van der Waals surface area contributed by atoms with Crippen LogP contribution in [0.5, 0.6) is 0 Å². The molecule has 2 rings (SSSR count). The van der Waals surface area contributed by atoms with E-state index in [1.165, 1.54) is 0 Å². The van der Waals surface area contributed by atoms with Crippen molar-refractivity contribution in [1.29, 1.82) is 0 Å². The first-order chi connectivity index (χ1) is 9.79. The van der Waals surface area contributed by atoms with Gasteiger partial charge in [0.25, 0.3) is 10.0 Å². The molecular weight excluding hydrogens is 284 g/mol. The van der Waals surface area contributed by atoms with Crippen LogP contribution < -0.4 is 4.72 Å². The van der Waals surface area contributed by atoms with Crippen LogP contribution in [0, 0.1) is 13.8 Å². The molecule has 0 spiro atoms. The maximum Gasteiger partial charge on any atom is 0.263 e. The van der Waals surface area contributed by atoms with E-state index in [1.807, 2.05) is 39.0 Å². The number of rotatable bonds is 4. The molecule has 0 fully saturated rings. The molecule has 1 aromatic heterocycles. The lowest BCUT2D eigenvalue weighted by molar-refractivity contribution is 0.600. The zero-order chi connectivity index (χ0) is 15.6. The number of nitrogens with zero attached hydrogens (tertiary/aromatic N) is 1. The topological polar surface area (TPSA) is 59.1 Å². The average Bonchev–Trinajstić information content (AvgIpc) is 2.38. The number of aryl methyl sites for hydroxylation is 2. The Kier molecular flexibility index (Phi) is 4.32. The Morgan fingerprint density at radius 3 is 2.43 bits per heavy atom. The molecule has 1 N–H and O–H groups in total. The maximum atomic E-state index is 12.6. The van der Waals surface area contributed by atoms with Crippen LogP contribution in [0.1, 0.15) is 36.5 Å². The van der Waals surface area contributed by atoms with Crippen LogP contribution in [0.25, 0.3) is 0 Å². The summed E-state index contributed by atoms with van der Waals surface area (Å²) in [6.45, 7) is 7.76. The van der Waals surface area contributed by atoms with Crippen molar-refractivity contribution in [3.63, 3.8) is 0 Å². The number of sulfonamides is 1. The molecule has 21 heavy (non-hydrogen) atoms. The molecule has 0 saturated carbocycles. The largest absolute Gasteiger partial charge is 0.263 e. The quantitative estimate of drug-likeness (QED) is 0.938. The first-order valence-electron chi connectivity index (χ1n) is 6.85. The van der Waals surface area contributed by atoms with Gasteiger partial charge in [0, 0.05) is 6.20 Å². The van der Waals surface area contributed by atoms with E-state index in [9.17, 15) is 8.42 Å². The van der Waals surface area contributed by atoms with Gasteiger partial charge in [-0.3, -0.25) is 4.72 Å². The molecule has 1 aromatic carbocycles. The van der Waals surface area contributed by atoms with E-state index in [0.717, 1.165) is 16.7 Å². The summed E-state index contributed by atoms with van der Waals surface area (Å²) >= 11 is 0. The van der Waals surface area contributed by atoms with Gasteiger partial charge < -0.3 is 0 Å². The Morgan fingerprint density at radius 1 is 1.10 bits per heavy atom. The van der Waals surface area contributed by atoms with Crippen molar-refractivity contribution in [3.05, 3.63) is 53.2 Å². The first kappa shape index (κ1) is 15.5. The Hall–Kier alpha value is -1.88. The van der Waals surface area contributed by atoms with Crippen LogP contribution in [0.15, 0.2) is 41.4 Å². The van der Waals surface area contributed by atoms with Crippen molar-refractivity contribution in [1.82, 2.24) is 4.98 Å². The first-order valence-corrected chi connectivity index (χ1v) is 8.34. The molecule has 0 bridgehead atoms. The van der Waals surface area contributed by atoms with Gasteiger partial charge in [-0.05, 0) is 54.7 Å². The van der Waals surface area contributed by atoms with Crippen LogP contribution in [0.2, 0.25) is 0 Å². The molecule has 0 saturated heterocycles. The zero-order valence-corrected chi connectivity index (χ0v) is 13.5. The van der Waals surface area contributed by atoms with Crippen LogP contribution in [-0.4, -0.2) is 13.4 Å².